The molecule has 2 aromatic rings. The van der Waals surface area contributed by atoms with Gasteiger partial charge in [-0.05, 0) is 43.5 Å². The zero-order chi connectivity index (χ0) is 25.8. The van der Waals surface area contributed by atoms with Crippen molar-refractivity contribution in [3.63, 3.8) is 0 Å². The number of nitrogens with one attached hydrogen (secondary N) is 4. The number of carbonyl (C=O) groups is 1. The molecule has 1 unspecified atom stereocenters. The molecule has 1 atom stereocenters. The van der Waals surface area contributed by atoms with Gasteiger partial charge in [-0.25, -0.2) is 14.2 Å². The van der Waals surface area contributed by atoms with Crippen molar-refractivity contribution in [1.82, 2.24) is 5.32 Å². The number of amides is 2. The molecule has 0 spiro atoms. The number of ether oxygens (including phenoxy) is 2. The highest BCUT2D eigenvalue weighted by atomic mass is 19.4. The molecule has 0 radical (unpaired) electrons. The number of aliphatic imine (C=N–C) groups is 1. The van der Waals surface area contributed by atoms with E-state index in [0.29, 0.717) is 35.0 Å². The van der Waals surface area contributed by atoms with Crippen LogP contribution in [0.5, 0.6) is 5.75 Å². The maximum absolute atomic E-state index is 14.9. The van der Waals surface area contributed by atoms with E-state index in [1.807, 2.05) is 0 Å². The maximum atomic E-state index is 14.9. The van der Waals surface area contributed by atoms with Gasteiger partial charge in [0.25, 0.3) is 0 Å². The number of urea groups is 1. The van der Waals surface area contributed by atoms with E-state index in [9.17, 15) is 22.4 Å². The number of anilines is 3. The van der Waals surface area contributed by atoms with Gasteiger partial charge in [-0.3, -0.25) is 0 Å². The number of carbonyl (C=O) groups excluding carboxylic acids is 1. The van der Waals surface area contributed by atoms with Crippen LogP contribution in [0.15, 0.2) is 41.4 Å². The van der Waals surface area contributed by atoms with Gasteiger partial charge in [-0.15, -0.1) is 0 Å². The number of alkyl halides is 3. The molecule has 194 valence electrons. The number of hydrogen-bond donors (Lipinski definition) is 4. The van der Waals surface area contributed by atoms with Crippen molar-refractivity contribution in [1.29, 1.82) is 0 Å². The van der Waals surface area contributed by atoms with Crippen LogP contribution in [0.3, 0.4) is 0 Å². The Kier molecular flexibility index (Phi) is 7.53. The number of benzene rings is 2. The molecule has 4 rings (SSSR count). The monoisotopic (exact) mass is 509 g/mol. The number of methoxy groups -OCH3 is 1. The summed E-state index contributed by atoms with van der Waals surface area (Å²) in [5.41, 5.74) is 0.264. The first-order valence-electron chi connectivity index (χ1n) is 11.4. The first-order chi connectivity index (χ1) is 17.2. The molecular weight excluding hydrogens is 482 g/mol. The lowest BCUT2D eigenvalue weighted by Gasteiger charge is -2.24. The minimum absolute atomic E-state index is 0.0667. The summed E-state index contributed by atoms with van der Waals surface area (Å²) in [5.74, 6) is -0.125. The number of fused-ring (bicyclic) bond motifs is 1. The van der Waals surface area contributed by atoms with E-state index in [-0.39, 0.29) is 32.4 Å². The third kappa shape index (κ3) is 5.99. The van der Waals surface area contributed by atoms with E-state index < -0.39 is 29.6 Å². The van der Waals surface area contributed by atoms with E-state index in [0.717, 1.165) is 0 Å². The van der Waals surface area contributed by atoms with Crippen LogP contribution < -0.4 is 26.0 Å². The van der Waals surface area contributed by atoms with Crippen LogP contribution in [0, 0.1) is 11.2 Å². The number of nitrogens with zero attached hydrogens (tertiary/aromatic N) is 1. The molecule has 1 aliphatic carbocycles. The molecule has 1 fully saturated rings. The van der Waals surface area contributed by atoms with Gasteiger partial charge in [0.2, 0.25) is 0 Å². The minimum Gasteiger partial charge on any atom is -0.491 e. The molecule has 1 heterocycles. The third-order valence-corrected chi connectivity index (χ3v) is 6.17. The number of rotatable bonds is 10. The average molecular weight is 510 g/mol. The van der Waals surface area contributed by atoms with Crippen molar-refractivity contribution in [2.75, 3.05) is 42.8 Å². The van der Waals surface area contributed by atoms with Crippen LogP contribution in [0.4, 0.5) is 39.4 Å². The van der Waals surface area contributed by atoms with E-state index in [1.54, 1.807) is 37.4 Å². The van der Waals surface area contributed by atoms with Gasteiger partial charge in [0, 0.05) is 37.2 Å². The third-order valence-electron chi connectivity index (χ3n) is 6.17. The van der Waals surface area contributed by atoms with Crippen LogP contribution in [-0.2, 0) is 4.74 Å². The lowest BCUT2D eigenvalue weighted by atomic mass is 10.0. The van der Waals surface area contributed by atoms with Crippen molar-refractivity contribution in [2.45, 2.75) is 31.6 Å². The Morgan fingerprint density at radius 3 is 2.56 bits per heavy atom. The fourth-order valence-corrected chi connectivity index (χ4v) is 3.91. The fraction of sp³-hybridized carbons (Fsp3) is 0.417. The first kappa shape index (κ1) is 25.5. The molecule has 12 heteroatoms. The normalized spacial score (nSPS) is 17.5. The topological polar surface area (TPSA) is 96.0 Å². The fourth-order valence-electron chi connectivity index (χ4n) is 3.91. The Morgan fingerprint density at radius 1 is 1.17 bits per heavy atom. The second-order valence-corrected chi connectivity index (χ2v) is 8.66. The second kappa shape index (κ2) is 10.6. The lowest BCUT2D eigenvalue weighted by molar-refractivity contribution is -0.188. The Balaban J connectivity index is 1.31. The molecule has 0 aromatic heterocycles. The summed E-state index contributed by atoms with van der Waals surface area (Å²) in [6.07, 6.45) is -3.40. The smallest absolute Gasteiger partial charge is 0.394 e. The van der Waals surface area contributed by atoms with Gasteiger partial charge in [0.15, 0.2) is 6.17 Å². The quantitative estimate of drug-likeness (QED) is 0.259. The summed E-state index contributed by atoms with van der Waals surface area (Å²) in [4.78, 5) is 16.3. The predicted molar refractivity (Wildman–Crippen MR) is 128 cm³/mol. The van der Waals surface area contributed by atoms with Crippen molar-refractivity contribution in [3.8, 4) is 5.75 Å². The van der Waals surface area contributed by atoms with Crippen LogP contribution in [0.1, 0.15) is 31.0 Å². The van der Waals surface area contributed by atoms with Crippen LogP contribution in [-0.4, -0.2) is 45.4 Å². The molecule has 4 N–H and O–H groups in total. The SMILES string of the molecule is COCCOc1cc(F)c2c(c1)NC=NC2Nc1ccc(NC(=O)NCCC2(C(F)(F)F)CC2)cc1. The molecular formula is C24H27F4N5O3. The highest BCUT2D eigenvalue weighted by Gasteiger charge is 2.62. The summed E-state index contributed by atoms with van der Waals surface area (Å²) in [6.45, 7) is 0.600. The van der Waals surface area contributed by atoms with E-state index in [4.69, 9.17) is 9.47 Å². The Hall–Kier alpha value is -3.54. The Labute approximate surface area is 205 Å². The molecule has 0 bridgehead atoms. The molecule has 0 saturated heterocycles. The van der Waals surface area contributed by atoms with Crippen molar-refractivity contribution in [3.05, 3.63) is 47.8 Å². The Morgan fingerprint density at radius 2 is 1.89 bits per heavy atom. The standard InChI is InChI=1S/C24H27F4N5O3/c1-35-10-11-36-17-12-18(25)20-19(13-17)30-14-31-21(20)32-15-2-4-16(5-3-15)33-22(34)29-9-8-23(6-7-23)24(26,27)28/h2-5,12-14,21,32H,6-11H2,1H3,(H,30,31)(H2,29,33,34). The largest absolute Gasteiger partial charge is 0.491 e. The van der Waals surface area contributed by atoms with Gasteiger partial charge < -0.3 is 30.7 Å². The van der Waals surface area contributed by atoms with Gasteiger partial charge in [0.1, 0.15) is 18.2 Å². The Bertz CT molecular complexity index is 1100. The molecule has 36 heavy (non-hydrogen) atoms. The zero-order valence-electron chi connectivity index (χ0n) is 19.5. The van der Waals surface area contributed by atoms with Crippen LogP contribution in [0.25, 0.3) is 0 Å². The van der Waals surface area contributed by atoms with E-state index in [2.05, 4.69) is 26.3 Å². The van der Waals surface area contributed by atoms with Gasteiger partial charge in [0.05, 0.1) is 29.6 Å². The van der Waals surface area contributed by atoms with E-state index >= 15 is 0 Å². The zero-order valence-corrected chi connectivity index (χ0v) is 19.5. The lowest BCUT2D eigenvalue weighted by Crippen LogP contribution is -2.34. The molecule has 2 aliphatic rings. The highest BCUT2D eigenvalue weighted by Crippen LogP contribution is 2.59. The van der Waals surface area contributed by atoms with Crippen molar-refractivity contribution < 1.29 is 31.8 Å². The summed E-state index contributed by atoms with van der Waals surface area (Å²) < 4.78 is 64.2. The van der Waals surface area contributed by atoms with Gasteiger partial charge in [-0.2, -0.15) is 13.2 Å². The van der Waals surface area contributed by atoms with Crippen molar-refractivity contribution >= 4 is 29.4 Å². The maximum Gasteiger partial charge on any atom is 0.394 e. The average Bonchev–Trinajstić information content (AvgIpc) is 3.62. The van der Waals surface area contributed by atoms with Gasteiger partial charge in [-0.1, -0.05) is 0 Å². The molecule has 2 amide bonds. The minimum atomic E-state index is -4.24. The summed E-state index contributed by atoms with van der Waals surface area (Å²) in [7, 11) is 1.55. The molecule has 1 saturated carbocycles. The molecule has 2 aromatic carbocycles. The molecule has 8 nitrogen and oxygen atoms in total. The van der Waals surface area contributed by atoms with Gasteiger partial charge >= 0.3 is 12.2 Å². The first-order valence-corrected chi connectivity index (χ1v) is 11.4. The summed E-state index contributed by atoms with van der Waals surface area (Å²) in [5, 5.41) is 11.1. The summed E-state index contributed by atoms with van der Waals surface area (Å²) >= 11 is 0. The van der Waals surface area contributed by atoms with E-state index in [1.165, 1.54) is 12.4 Å². The number of halogens is 4. The highest BCUT2D eigenvalue weighted by molar-refractivity contribution is 5.89. The number of hydrogen-bond acceptors (Lipinski definition) is 6. The van der Waals surface area contributed by atoms with Crippen molar-refractivity contribution in [2.24, 2.45) is 10.4 Å². The van der Waals surface area contributed by atoms with Crippen LogP contribution in [0.2, 0.25) is 0 Å². The molecule has 1 aliphatic heterocycles. The second-order valence-electron chi connectivity index (χ2n) is 8.66. The predicted octanol–water partition coefficient (Wildman–Crippen LogP) is 5.27. The van der Waals surface area contributed by atoms with Crippen LogP contribution >= 0.6 is 0 Å². The summed E-state index contributed by atoms with van der Waals surface area (Å²) in [6, 6.07) is 8.97.